The lowest BCUT2D eigenvalue weighted by Crippen LogP contribution is -2.49. The minimum Gasteiger partial charge on any atom is -0.353 e. The third-order valence-electron chi connectivity index (χ3n) is 5.98. The van der Waals surface area contributed by atoms with E-state index >= 15 is 0 Å². The highest BCUT2D eigenvalue weighted by Crippen LogP contribution is 2.18. The average Bonchev–Trinajstić information content (AvgIpc) is 2.82. The van der Waals surface area contributed by atoms with Crippen molar-refractivity contribution in [3.05, 3.63) is 67.2 Å². The number of carbonyl (C=O) groups is 1. The molecule has 4 rings (SSSR count). The van der Waals surface area contributed by atoms with E-state index in [9.17, 15) is 19.2 Å². The van der Waals surface area contributed by atoms with Gasteiger partial charge in [-0.2, -0.15) is 0 Å². The van der Waals surface area contributed by atoms with Gasteiger partial charge in [0.25, 0.3) is 17.0 Å². The molecule has 10 nitrogen and oxygen atoms in total. The maximum atomic E-state index is 13.5. The number of carbonyl (C=O) groups excluding carboxylic acids is 1. The predicted octanol–water partition coefficient (Wildman–Crippen LogP) is 0.259. The molecule has 0 aliphatic carbocycles. The summed E-state index contributed by atoms with van der Waals surface area (Å²) in [5.41, 5.74) is -1.26. The van der Waals surface area contributed by atoms with Crippen LogP contribution in [-0.2, 0) is 20.1 Å². The van der Waals surface area contributed by atoms with Gasteiger partial charge in [-0.15, -0.1) is 0 Å². The number of hydrogen-bond acceptors (Lipinski definition) is 6. The lowest BCUT2D eigenvalue weighted by molar-refractivity contribution is 0.0748. The Hall–Kier alpha value is -3.69. The lowest BCUT2D eigenvalue weighted by Gasteiger charge is -2.35. The Bertz CT molecular complexity index is 1350. The monoisotopic (exact) mass is 438 g/mol. The van der Waals surface area contributed by atoms with E-state index in [4.69, 9.17) is 0 Å². The largest absolute Gasteiger partial charge is 0.353 e. The van der Waals surface area contributed by atoms with Gasteiger partial charge >= 0.3 is 5.69 Å². The quantitative estimate of drug-likeness (QED) is 0.579. The molecule has 1 fully saturated rings. The summed E-state index contributed by atoms with van der Waals surface area (Å²) in [5, 5.41) is 0.104. The number of piperazine rings is 1. The first-order valence-electron chi connectivity index (χ1n) is 10.7. The van der Waals surface area contributed by atoms with Crippen LogP contribution < -0.4 is 21.7 Å². The zero-order chi connectivity index (χ0) is 23.0. The lowest BCUT2D eigenvalue weighted by atomic mass is 10.1. The molecule has 0 atom stereocenters. The fraction of sp³-hybridized carbons (Fsp3) is 0.409. The summed E-state index contributed by atoms with van der Waals surface area (Å²) < 4.78 is 3.72. The number of amides is 1. The summed E-state index contributed by atoms with van der Waals surface area (Å²) in [6.45, 7) is 5.94. The van der Waals surface area contributed by atoms with Crippen LogP contribution in [0.3, 0.4) is 0 Å². The third kappa shape index (κ3) is 3.41. The smallest absolute Gasteiger partial charge is 0.332 e. The molecule has 4 heterocycles. The third-order valence-corrected chi connectivity index (χ3v) is 5.98. The van der Waals surface area contributed by atoms with Gasteiger partial charge in [-0.3, -0.25) is 28.1 Å². The molecule has 10 heteroatoms. The fourth-order valence-corrected chi connectivity index (χ4v) is 4.29. The van der Waals surface area contributed by atoms with Crippen LogP contribution in [0.2, 0.25) is 0 Å². The zero-order valence-electron chi connectivity index (χ0n) is 18.4. The highest BCUT2D eigenvalue weighted by molar-refractivity contribution is 6.05. The van der Waals surface area contributed by atoms with E-state index in [1.54, 1.807) is 24.9 Å². The highest BCUT2D eigenvalue weighted by atomic mass is 16.2. The van der Waals surface area contributed by atoms with Crippen LogP contribution in [0.4, 0.5) is 5.82 Å². The molecule has 0 radical (unpaired) electrons. The molecule has 1 aliphatic heterocycles. The van der Waals surface area contributed by atoms with Gasteiger partial charge in [-0.05, 0) is 26.0 Å². The van der Waals surface area contributed by atoms with E-state index in [1.165, 1.54) is 22.2 Å². The second kappa shape index (κ2) is 8.45. The molecule has 32 heavy (non-hydrogen) atoms. The van der Waals surface area contributed by atoms with Crippen molar-refractivity contribution in [3.8, 4) is 0 Å². The number of rotatable bonds is 4. The first-order valence-corrected chi connectivity index (χ1v) is 10.7. The Morgan fingerprint density at radius 2 is 1.69 bits per heavy atom. The first kappa shape index (κ1) is 21.5. The minimum absolute atomic E-state index is 0.0452. The molecule has 3 aromatic heterocycles. The number of fused-ring (bicyclic) bond motifs is 1. The molecule has 168 valence electrons. The number of anilines is 1. The normalized spacial score (nSPS) is 14.2. The highest BCUT2D eigenvalue weighted by Gasteiger charge is 2.27. The summed E-state index contributed by atoms with van der Waals surface area (Å²) in [7, 11) is 1.52. The fourth-order valence-electron chi connectivity index (χ4n) is 4.29. The van der Waals surface area contributed by atoms with Gasteiger partial charge in [0.05, 0.1) is 10.9 Å². The van der Waals surface area contributed by atoms with Crippen LogP contribution in [0, 0.1) is 0 Å². The Morgan fingerprint density at radius 1 is 1.00 bits per heavy atom. The predicted molar refractivity (Wildman–Crippen MR) is 121 cm³/mol. The van der Waals surface area contributed by atoms with E-state index in [2.05, 4.69) is 9.88 Å². The summed E-state index contributed by atoms with van der Waals surface area (Å²) in [5.74, 6) is 0.464. The first-order chi connectivity index (χ1) is 15.4. The molecule has 0 unspecified atom stereocenters. The maximum absolute atomic E-state index is 13.5. The van der Waals surface area contributed by atoms with Crippen molar-refractivity contribution in [2.75, 3.05) is 31.1 Å². The van der Waals surface area contributed by atoms with E-state index in [0.29, 0.717) is 26.2 Å². The van der Waals surface area contributed by atoms with Crippen molar-refractivity contribution in [1.29, 1.82) is 0 Å². The van der Waals surface area contributed by atoms with Gasteiger partial charge in [0.1, 0.15) is 11.5 Å². The Balaban J connectivity index is 1.79. The molecule has 0 bridgehead atoms. The number of pyridine rings is 2. The van der Waals surface area contributed by atoms with Crippen molar-refractivity contribution in [2.24, 2.45) is 7.05 Å². The second-order valence-electron chi connectivity index (χ2n) is 7.70. The maximum Gasteiger partial charge on any atom is 0.332 e. The van der Waals surface area contributed by atoms with Crippen LogP contribution in [0.5, 0.6) is 0 Å². The van der Waals surface area contributed by atoms with Crippen molar-refractivity contribution >= 4 is 22.8 Å². The molecule has 0 saturated carbocycles. The summed E-state index contributed by atoms with van der Waals surface area (Å²) in [4.78, 5) is 60.2. The van der Waals surface area contributed by atoms with Crippen LogP contribution >= 0.6 is 0 Å². The van der Waals surface area contributed by atoms with Crippen molar-refractivity contribution < 1.29 is 4.79 Å². The van der Waals surface area contributed by atoms with Crippen molar-refractivity contribution in [2.45, 2.75) is 26.9 Å². The van der Waals surface area contributed by atoms with E-state index in [1.807, 2.05) is 18.2 Å². The van der Waals surface area contributed by atoms with Gasteiger partial charge in [0.15, 0.2) is 0 Å². The summed E-state index contributed by atoms with van der Waals surface area (Å²) in [6, 6.07) is 6.91. The van der Waals surface area contributed by atoms with Gasteiger partial charge in [-0.25, -0.2) is 9.78 Å². The molecule has 0 spiro atoms. The van der Waals surface area contributed by atoms with Gasteiger partial charge in [-0.1, -0.05) is 6.07 Å². The van der Waals surface area contributed by atoms with Crippen LogP contribution in [0.25, 0.3) is 11.0 Å². The van der Waals surface area contributed by atoms with Crippen LogP contribution in [0.15, 0.2) is 44.8 Å². The Labute approximate surface area is 183 Å². The standard InChI is InChI=1S/C22H26N6O4/c1-4-27-17(29)14-15(18-19(27)24(3)22(32)28(5-2)21(18)31)20(30)26-12-10-25(11-13-26)16-8-6-7-9-23-16/h6-9,14H,4-5,10-13H2,1-3H3. The topological polar surface area (TPSA) is 102 Å². The number of hydrogen-bond donors (Lipinski definition) is 0. The zero-order valence-corrected chi connectivity index (χ0v) is 18.4. The molecule has 1 amide bonds. The molecule has 3 aromatic rings. The summed E-state index contributed by atoms with van der Waals surface area (Å²) in [6.07, 6.45) is 1.73. The molecular formula is C22H26N6O4. The van der Waals surface area contributed by atoms with E-state index in [0.717, 1.165) is 10.4 Å². The number of aryl methyl sites for hydroxylation is 2. The van der Waals surface area contributed by atoms with Gasteiger partial charge in [0.2, 0.25) is 0 Å². The van der Waals surface area contributed by atoms with Crippen molar-refractivity contribution in [1.82, 2.24) is 23.6 Å². The van der Waals surface area contributed by atoms with Crippen molar-refractivity contribution in [3.63, 3.8) is 0 Å². The molecule has 0 N–H and O–H groups in total. The van der Waals surface area contributed by atoms with Gasteiger partial charge in [0, 0.05) is 58.6 Å². The molecule has 1 saturated heterocycles. The van der Waals surface area contributed by atoms with Gasteiger partial charge < -0.3 is 9.80 Å². The Morgan fingerprint density at radius 3 is 2.28 bits per heavy atom. The Kier molecular flexibility index (Phi) is 5.68. The van der Waals surface area contributed by atoms with Crippen LogP contribution in [0.1, 0.15) is 24.2 Å². The van der Waals surface area contributed by atoms with Crippen LogP contribution in [-0.4, -0.2) is 55.7 Å². The molecule has 1 aliphatic rings. The molecular weight excluding hydrogens is 412 g/mol. The average molecular weight is 438 g/mol. The summed E-state index contributed by atoms with van der Waals surface area (Å²) >= 11 is 0. The van der Waals surface area contributed by atoms with E-state index < -0.39 is 16.8 Å². The SMILES string of the molecule is CCn1c(=O)c2c(C(=O)N3CCN(c4ccccn4)CC3)cc(=O)n(CC)c2n(C)c1=O. The van der Waals surface area contributed by atoms with E-state index in [-0.39, 0.29) is 35.6 Å². The number of nitrogens with zero attached hydrogens (tertiary/aromatic N) is 6. The minimum atomic E-state index is -0.553. The number of aromatic nitrogens is 4. The second-order valence-corrected chi connectivity index (χ2v) is 7.70. The molecule has 0 aromatic carbocycles.